The van der Waals surface area contributed by atoms with Crippen molar-refractivity contribution in [3.63, 3.8) is 0 Å². The summed E-state index contributed by atoms with van der Waals surface area (Å²) in [7, 11) is 0. The van der Waals surface area contributed by atoms with Crippen LogP contribution in [0.15, 0.2) is 38.4 Å². The van der Waals surface area contributed by atoms with Gasteiger partial charge in [0.05, 0.1) is 23.5 Å². The van der Waals surface area contributed by atoms with Crippen LogP contribution in [0.25, 0.3) is 11.5 Å². The first-order valence-electron chi connectivity index (χ1n) is 10.3. The number of hydrogen-bond acceptors (Lipinski definition) is 8. The first-order valence-corrected chi connectivity index (χ1v) is 12.2. The van der Waals surface area contributed by atoms with Crippen LogP contribution in [0, 0.1) is 13.8 Å². The summed E-state index contributed by atoms with van der Waals surface area (Å²) in [5, 5.41) is 7.76. The molecule has 2 N–H and O–H groups in total. The Morgan fingerprint density at radius 2 is 2.09 bits per heavy atom. The van der Waals surface area contributed by atoms with Crippen molar-refractivity contribution in [3.8, 4) is 11.5 Å². The summed E-state index contributed by atoms with van der Waals surface area (Å²) >= 11 is 2.94. The van der Waals surface area contributed by atoms with Crippen molar-refractivity contribution in [1.82, 2.24) is 15.3 Å². The van der Waals surface area contributed by atoms with E-state index in [1.54, 1.807) is 13.0 Å². The number of para-hydroxylation sites is 1. The molecule has 0 saturated carbocycles. The van der Waals surface area contributed by atoms with Crippen LogP contribution in [0.1, 0.15) is 30.0 Å². The fraction of sp³-hybridized carbons (Fsp3) is 0.364. The van der Waals surface area contributed by atoms with Gasteiger partial charge in [0, 0.05) is 17.7 Å². The molecule has 8 nitrogen and oxygen atoms in total. The summed E-state index contributed by atoms with van der Waals surface area (Å²) < 4.78 is 12.2. The minimum Gasteiger partial charge on any atom is -0.441 e. The number of ether oxygens (including phenoxy) is 1. The predicted octanol–water partition coefficient (Wildman–Crippen LogP) is 3.94. The molecule has 1 saturated heterocycles. The number of nitrogens with zero attached hydrogens (tertiary/aromatic N) is 2. The smallest absolute Gasteiger partial charge is 0.253 e. The van der Waals surface area contributed by atoms with Crippen LogP contribution in [-0.4, -0.2) is 40.2 Å². The zero-order valence-electron chi connectivity index (χ0n) is 17.8. The highest BCUT2D eigenvalue weighted by atomic mass is 32.2. The Balaban J connectivity index is 1.38. The maximum Gasteiger partial charge on any atom is 0.253 e. The van der Waals surface area contributed by atoms with E-state index < -0.39 is 6.10 Å². The van der Waals surface area contributed by atoms with Crippen LogP contribution >= 0.6 is 23.1 Å². The van der Waals surface area contributed by atoms with Gasteiger partial charge >= 0.3 is 0 Å². The number of aromatic nitrogens is 2. The third kappa shape index (κ3) is 5.56. The number of aryl methyl sites for hydroxylation is 2. The second-order valence-electron chi connectivity index (χ2n) is 7.38. The molecule has 0 aliphatic carbocycles. The van der Waals surface area contributed by atoms with Crippen molar-refractivity contribution in [3.05, 3.63) is 46.8 Å². The van der Waals surface area contributed by atoms with E-state index in [1.165, 1.54) is 23.1 Å². The van der Waals surface area contributed by atoms with Gasteiger partial charge in [0.15, 0.2) is 4.34 Å². The van der Waals surface area contributed by atoms with E-state index >= 15 is 0 Å². The van der Waals surface area contributed by atoms with E-state index in [9.17, 15) is 9.59 Å². The molecular formula is C22H24N4O4S2. The minimum atomic E-state index is -0.425. The lowest BCUT2D eigenvalue weighted by Crippen LogP contribution is -2.27. The van der Waals surface area contributed by atoms with Gasteiger partial charge in [-0.2, -0.15) is 0 Å². The summed E-state index contributed by atoms with van der Waals surface area (Å²) in [5.74, 6) is 1.02. The third-order valence-corrected chi connectivity index (χ3v) is 7.05. The summed E-state index contributed by atoms with van der Waals surface area (Å²) in [6.45, 7) is 4.60. The molecule has 0 bridgehead atoms. The van der Waals surface area contributed by atoms with Gasteiger partial charge in [-0.15, -0.1) is 11.3 Å². The predicted molar refractivity (Wildman–Crippen MR) is 124 cm³/mol. The number of nitrogens with one attached hydrogen (secondary N) is 2. The highest BCUT2D eigenvalue weighted by Gasteiger charge is 2.25. The Morgan fingerprint density at radius 1 is 1.25 bits per heavy atom. The van der Waals surface area contributed by atoms with E-state index in [0.29, 0.717) is 35.2 Å². The number of carbonyl (C=O) groups is 2. The molecule has 1 unspecified atom stereocenters. The Labute approximate surface area is 194 Å². The molecule has 2 amide bonds. The molecule has 1 fully saturated rings. The highest BCUT2D eigenvalue weighted by molar-refractivity contribution is 8.01. The second kappa shape index (κ2) is 10.3. The molecule has 168 valence electrons. The fourth-order valence-corrected chi connectivity index (χ4v) is 4.92. The number of carbonyl (C=O) groups excluding carboxylic acids is 2. The van der Waals surface area contributed by atoms with E-state index in [2.05, 4.69) is 20.6 Å². The average Bonchev–Trinajstić information content (AvgIpc) is 3.53. The average molecular weight is 473 g/mol. The largest absolute Gasteiger partial charge is 0.441 e. The molecule has 4 rings (SSSR count). The van der Waals surface area contributed by atoms with Gasteiger partial charge in [0.25, 0.3) is 5.91 Å². The lowest BCUT2D eigenvalue weighted by atomic mass is 10.1. The maximum absolute atomic E-state index is 12.5. The number of benzene rings is 1. The summed E-state index contributed by atoms with van der Waals surface area (Å²) in [4.78, 5) is 33.6. The van der Waals surface area contributed by atoms with Crippen LogP contribution in [-0.2, 0) is 20.9 Å². The molecule has 0 radical (unpaired) electrons. The molecule has 10 heteroatoms. The highest BCUT2D eigenvalue weighted by Crippen LogP contribution is 2.29. The molecule has 3 heterocycles. The van der Waals surface area contributed by atoms with Crippen molar-refractivity contribution in [2.45, 2.75) is 43.7 Å². The Bertz CT molecular complexity index is 1110. The van der Waals surface area contributed by atoms with Crippen LogP contribution in [0.2, 0.25) is 0 Å². The van der Waals surface area contributed by atoms with Gasteiger partial charge in [0.1, 0.15) is 17.6 Å². The van der Waals surface area contributed by atoms with Crippen LogP contribution < -0.4 is 10.6 Å². The molecule has 0 spiro atoms. The lowest BCUT2D eigenvalue weighted by Gasteiger charge is -2.12. The molecule has 1 atom stereocenters. The number of thioether (sulfide) groups is 1. The van der Waals surface area contributed by atoms with E-state index in [-0.39, 0.29) is 24.1 Å². The van der Waals surface area contributed by atoms with Gasteiger partial charge < -0.3 is 19.8 Å². The molecule has 32 heavy (non-hydrogen) atoms. The number of amides is 2. The monoisotopic (exact) mass is 472 g/mol. The lowest BCUT2D eigenvalue weighted by molar-refractivity contribution is -0.124. The van der Waals surface area contributed by atoms with Crippen molar-refractivity contribution >= 4 is 40.6 Å². The van der Waals surface area contributed by atoms with E-state index in [4.69, 9.17) is 9.15 Å². The number of rotatable bonds is 8. The van der Waals surface area contributed by atoms with Crippen LogP contribution in [0.3, 0.4) is 0 Å². The summed E-state index contributed by atoms with van der Waals surface area (Å²) in [5.41, 5.74) is 2.88. The topological polar surface area (TPSA) is 106 Å². The minimum absolute atomic E-state index is 0.101. The third-order valence-electron chi connectivity index (χ3n) is 4.91. The van der Waals surface area contributed by atoms with Crippen molar-refractivity contribution in [2.24, 2.45) is 0 Å². The SMILES string of the molecule is Cc1csc(SCC(=O)NCc2nc(-c3ccccc3NC(=O)C3CCCO3)oc2C)n1. The Hall–Kier alpha value is -2.69. The van der Waals surface area contributed by atoms with Gasteiger partial charge in [-0.3, -0.25) is 9.59 Å². The fourth-order valence-electron chi connectivity index (χ4n) is 3.24. The van der Waals surface area contributed by atoms with Gasteiger partial charge in [-0.25, -0.2) is 9.97 Å². The van der Waals surface area contributed by atoms with Crippen molar-refractivity contribution < 1.29 is 18.7 Å². The number of thiazole rings is 1. The molecule has 1 aromatic carbocycles. The Kier molecular flexibility index (Phi) is 7.23. The molecule has 1 aliphatic rings. The number of hydrogen-bond donors (Lipinski definition) is 2. The second-order valence-corrected chi connectivity index (χ2v) is 9.46. The molecule has 1 aliphatic heterocycles. The normalized spacial score (nSPS) is 15.6. The summed E-state index contributed by atoms with van der Waals surface area (Å²) in [6.07, 6.45) is 1.18. The van der Waals surface area contributed by atoms with Crippen molar-refractivity contribution in [2.75, 3.05) is 17.7 Å². The van der Waals surface area contributed by atoms with Gasteiger partial charge in [0.2, 0.25) is 11.8 Å². The standard InChI is InChI=1S/C22H24N4O4S2/c1-13-11-31-22(24-13)32-12-19(27)23-10-17-14(2)30-21(26-17)15-6-3-4-7-16(15)25-20(28)18-8-5-9-29-18/h3-4,6-7,11,18H,5,8-10,12H2,1-2H3,(H,23,27)(H,25,28). The zero-order valence-corrected chi connectivity index (χ0v) is 19.5. The van der Waals surface area contributed by atoms with Gasteiger partial charge in [-0.1, -0.05) is 23.9 Å². The van der Waals surface area contributed by atoms with E-state index in [0.717, 1.165) is 22.9 Å². The van der Waals surface area contributed by atoms with E-state index in [1.807, 2.05) is 30.5 Å². The van der Waals surface area contributed by atoms with Crippen LogP contribution in [0.5, 0.6) is 0 Å². The summed E-state index contributed by atoms with van der Waals surface area (Å²) in [6, 6.07) is 7.34. The Morgan fingerprint density at radius 3 is 2.84 bits per heavy atom. The molecular weight excluding hydrogens is 448 g/mol. The first kappa shape index (κ1) is 22.5. The quantitative estimate of drug-likeness (QED) is 0.478. The van der Waals surface area contributed by atoms with Crippen molar-refractivity contribution in [1.29, 1.82) is 0 Å². The maximum atomic E-state index is 12.5. The van der Waals surface area contributed by atoms with Gasteiger partial charge in [-0.05, 0) is 38.8 Å². The molecule has 3 aromatic rings. The van der Waals surface area contributed by atoms with Crippen LogP contribution in [0.4, 0.5) is 5.69 Å². The molecule has 2 aromatic heterocycles. The number of anilines is 1. The first-order chi connectivity index (χ1) is 15.5. The zero-order chi connectivity index (χ0) is 22.5. The number of oxazole rings is 1.